The lowest BCUT2D eigenvalue weighted by atomic mass is 10.0. The van der Waals surface area contributed by atoms with Gasteiger partial charge in [-0.2, -0.15) is 0 Å². The Bertz CT molecular complexity index is 1220. The second-order valence-corrected chi connectivity index (χ2v) is 7.62. The number of nitrogen functional groups attached to an aromatic ring is 1. The van der Waals surface area contributed by atoms with Crippen molar-refractivity contribution >= 4 is 46.4 Å². The van der Waals surface area contributed by atoms with Gasteiger partial charge in [0.25, 0.3) is 11.8 Å². The summed E-state index contributed by atoms with van der Waals surface area (Å²) in [5, 5.41) is 5.03. The molecule has 2 aromatic carbocycles. The number of nitrogens with two attached hydrogens (primary N) is 1. The van der Waals surface area contributed by atoms with E-state index in [1.165, 1.54) is 31.5 Å². The van der Waals surface area contributed by atoms with E-state index in [9.17, 15) is 18.4 Å². The monoisotopic (exact) mass is 494 g/mol. The van der Waals surface area contributed by atoms with Crippen LogP contribution in [-0.4, -0.2) is 37.1 Å². The number of amides is 2. The van der Waals surface area contributed by atoms with Gasteiger partial charge < -0.3 is 21.1 Å². The lowest BCUT2D eigenvalue weighted by Gasteiger charge is -2.12. The van der Waals surface area contributed by atoms with E-state index in [1.807, 2.05) is 0 Å². The van der Waals surface area contributed by atoms with E-state index >= 15 is 0 Å². The first-order valence-electron chi connectivity index (χ1n) is 9.49. The third-order valence-electron chi connectivity index (χ3n) is 4.51. The number of nitrogens with zero attached hydrogens (tertiary/aromatic N) is 1. The van der Waals surface area contributed by atoms with E-state index in [4.69, 9.17) is 33.7 Å². The summed E-state index contributed by atoms with van der Waals surface area (Å²) in [7, 11) is 1.50. The fraction of sp³-hybridized carbons (Fsp3) is 0.136. The maximum absolute atomic E-state index is 14.8. The van der Waals surface area contributed by atoms with Crippen LogP contribution in [-0.2, 0) is 4.74 Å². The first-order chi connectivity index (χ1) is 15.7. The molecule has 1 heterocycles. The lowest BCUT2D eigenvalue weighted by molar-refractivity contribution is 0.0932. The van der Waals surface area contributed by atoms with Crippen LogP contribution in [0.3, 0.4) is 0 Å². The molecule has 11 heteroatoms. The van der Waals surface area contributed by atoms with Gasteiger partial charge in [0.1, 0.15) is 17.3 Å². The van der Waals surface area contributed by atoms with Crippen LogP contribution in [0.4, 0.5) is 20.2 Å². The zero-order valence-electron chi connectivity index (χ0n) is 17.2. The summed E-state index contributed by atoms with van der Waals surface area (Å²) in [5.74, 6) is -2.57. The van der Waals surface area contributed by atoms with Crippen molar-refractivity contribution in [3.05, 3.63) is 75.5 Å². The molecule has 7 nitrogen and oxygen atoms in total. The van der Waals surface area contributed by atoms with E-state index in [1.54, 1.807) is 0 Å². The van der Waals surface area contributed by atoms with E-state index in [0.29, 0.717) is 6.61 Å². The number of methoxy groups -OCH3 is 1. The number of benzene rings is 2. The van der Waals surface area contributed by atoms with Crippen molar-refractivity contribution in [1.82, 2.24) is 10.3 Å². The summed E-state index contributed by atoms with van der Waals surface area (Å²) in [6, 6.07) is 7.02. The minimum atomic E-state index is -0.776. The Morgan fingerprint density at radius 3 is 2.48 bits per heavy atom. The number of rotatable bonds is 7. The molecule has 0 aliphatic carbocycles. The zero-order chi connectivity index (χ0) is 24.1. The number of nitrogens with one attached hydrogen (secondary N) is 2. The summed E-state index contributed by atoms with van der Waals surface area (Å²) in [4.78, 5) is 28.7. The van der Waals surface area contributed by atoms with Gasteiger partial charge in [-0.1, -0.05) is 23.2 Å². The van der Waals surface area contributed by atoms with Crippen LogP contribution in [0, 0.1) is 11.6 Å². The van der Waals surface area contributed by atoms with Gasteiger partial charge in [-0.3, -0.25) is 9.59 Å². The maximum Gasteiger partial charge on any atom is 0.271 e. The summed E-state index contributed by atoms with van der Waals surface area (Å²) in [5.41, 5.74) is 6.02. The van der Waals surface area contributed by atoms with Crippen molar-refractivity contribution in [2.75, 3.05) is 31.3 Å². The molecule has 33 heavy (non-hydrogen) atoms. The molecule has 0 aliphatic heterocycles. The molecular formula is C22H18Cl2F2N4O3. The van der Waals surface area contributed by atoms with Crippen LogP contribution in [0.15, 0.2) is 42.6 Å². The van der Waals surface area contributed by atoms with E-state index in [0.717, 1.165) is 18.2 Å². The number of carbonyl (C=O) groups excluding carboxylic acids is 2. The van der Waals surface area contributed by atoms with Crippen LogP contribution >= 0.6 is 23.2 Å². The van der Waals surface area contributed by atoms with E-state index < -0.39 is 23.4 Å². The number of pyridine rings is 1. The van der Waals surface area contributed by atoms with Gasteiger partial charge in [0, 0.05) is 30.5 Å². The van der Waals surface area contributed by atoms with Gasteiger partial charge >= 0.3 is 0 Å². The number of hydrogen-bond donors (Lipinski definition) is 3. The second-order valence-electron chi connectivity index (χ2n) is 6.80. The van der Waals surface area contributed by atoms with Gasteiger partial charge in [0.2, 0.25) is 0 Å². The molecule has 0 atom stereocenters. The molecule has 0 fully saturated rings. The van der Waals surface area contributed by atoms with Gasteiger partial charge in [-0.15, -0.1) is 0 Å². The Morgan fingerprint density at radius 1 is 1.06 bits per heavy atom. The molecule has 0 saturated heterocycles. The predicted molar refractivity (Wildman–Crippen MR) is 123 cm³/mol. The van der Waals surface area contributed by atoms with Crippen molar-refractivity contribution in [3.8, 4) is 11.1 Å². The molecule has 0 aliphatic rings. The topological polar surface area (TPSA) is 106 Å². The Morgan fingerprint density at radius 2 is 1.82 bits per heavy atom. The molecule has 3 aromatic rings. The van der Waals surface area contributed by atoms with E-state index in [2.05, 4.69) is 15.6 Å². The summed E-state index contributed by atoms with van der Waals surface area (Å²) < 4.78 is 32.9. The Hall–Kier alpha value is -3.27. The van der Waals surface area contributed by atoms with Crippen LogP contribution < -0.4 is 16.4 Å². The summed E-state index contributed by atoms with van der Waals surface area (Å²) in [6.45, 7) is 0.594. The number of hydrogen-bond acceptors (Lipinski definition) is 5. The highest BCUT2D eigenvalue weighted by Gasteiger charge is 2.19. The van der Waals surface area contributed by atoms with Crippen LogP contribution in [0.5, 0.6) is 0 Å². The van der Waals surface area contributed by atoms with Crippen molar-refractivity contribution in [3.63, 3.8) is 0 Å². The third-order valence-corrected chi connectivity index (χ3v) is 5.11. The number of halogens is 4. The van der Waals surface area contributed by atoms with Gasteiger partial charge in [-0.05, 0) is 36.4 Å². The summed E-state index contributed by atoms with van der Waals surface area (Å²) >= 11 is 12.3. The quantitative estimate of drug-likeness (QED) is 0.330. The number of carbonyl (C=O) groups is 2. The molecule has 0 radical (unpaired) electrons. The minimum absolute atomic E-state index is 0.00197. The van der Waals surface area contributed by atoms with Gasteiger partial charge in [0.05, 0.1) is 34.1 Å². The SMILES string of the molecule is COCCNC(=O)c1ncc(NC(=O)c2cc(F)c(-c3ccc(F)cc3N)cc2Cl)cc1Cl. The van der Waals surface area contributed by atoms with Crippen molar-refractivity contribution in [2.45, 2.75) is 0 Å². The highest BCUT2D eigenvalue weighted by atomic mass is 35.5. The molecule has 3 rings (SSSR count). The Kier molecular flexibility index (Phi) is 7.80. The normalized spacial score (nSPS) is 10.7. The van der Waals surface area contributed by atoms with Gasteiger partial charge in [0.15, 0.2) is 0 Å². The average Bonchev–Trinajstić information content (AvgIpc) is 2.75. The fourth-order valence-electron chi connectivity index (χ4n) is 2.93. The molecule has 0 unspecified atom stereocenters. The second kappa shape index (κ2) is 10.6. The van der Waals surface area contributed by atoms with Crippen molar-refractivity contribution < 1.29 is 23.1 Å². The highest BCUT2D eigenvalue weighted by Crippen LogP contribution is 2.33. The van der Waals surface area contributed by atoms with E-state index in [-0.39, 0.29) is 50.3 Å². The van der Waals surface area contributed by atoms with Crippen molar-refractivity contribution in [2.24, 2.45) is 0 Å². The van der Waals surface area contributed by atoms with Crippen molar-refractivity contribution in [1.29, 1.82) is 0 Å². The predicted octanol–water partition coefficient (Wildman–Crippen LogP) is 4.54. The Balaban J connectivity index is 1.80. The van der Waals surface area contributed by atoms with Crippen LogP contribution in [0.2, 0.25) is 10.0 Å². The molecule has 0 saturated carbocycles. The Labute approximate surface area is 197 Å². The molecule has 4 N–H and O–H groups in total. The molecule has 2 amide bonds. The molecule has 1 aromatic heterocycles. The zero-order valence-corrected chi connectivity index (χ0v) is 18.7. The number of anilines is 2. The highest BCUT2D eigenvalue weighted by molar-refractivity contribution is 6.35. The molecule has 172 valence electrons. The molecule has 0 spiro atoms. The van der Waals surface area contributed by atoms with Crippen LogP contribution in [0.25, 0.3) is 11.1 Å². The average molecular weight is 495 g/mol. The first kappa shape index (κ1) is 24.4. The minimum Gasteiger partial charge on any atom is -0.398 e. The largest absolute Gasteiger partial charge is 0.398 e. The number of aromatic nitrogens is 1. The summed E-state index contributed by atoms with van der Waals surface area (Å²) in [6.07, 6.45) is 1.23. The third kappa shape index (κ3) is 5.75. The molecule has 0 bridgehead atoms. The smallest absolute Gasteiger partial charge is 0.271 e. The first-order valence-corrected chi connectivity index (χ1v) is 10.2. The number of ether oxygens (including phenoxy) is 1. The van der Waals surface area contributed by atoms with Gasteiger partial charge in [-0.25, -0.2) is 13.8 Å². The standard InChI is InChI=1S/C22H18Cl2F2N4O3/c1-33-5-4-28-22(32)20-17(24)7-12(10-29-20)30-21(31)15-9-18(26)14(8-16(15)23)13-3-2-11(25)6-19(13)27/h2-3,6-10H,4-5,27H2,1H3,(H,28,32)(H,30,31). The maximum atomic E-state index is 14.8. The fourth-order valence-corrected chi connectivity index (χ4v) is 3.43. The van der Waals surface area contributed by atoms with Crippen LogP contribution in [0.1, 0.15) is 20.8 Å². The lowest BCUT2D eigenvalue weighted by Crippen LogP contribution is -2.28. The molecular weight excluding hydrogens is 477 g/mol.